The maximum atomic E-state index is 10.7. The van der Waals surface area contributed by atoms with Crippen LogP contribution in [0.25, 0.3) is 0 Å². The fraction of sp³-hybridized carbons (Fsp3) is 0.938. The van der Waals surface area contributed by atoms with Gasteiger partial charge in [0.2, 0.25) is 0 Å². The van der Waals surface area contributed by atoms with E-state index in [0.717, 1.165) is 18.8 Å². The molecule has 0 saturated carbocycles. The van der Waals surface area contributed by atoms with Crippen LogP contribution in [0.2, 0.25) is 0 Å². The molecule has 0 aromatic rings. The van der Waals surface area contributed by atoms with Crippen LogP contribution in [0.15, 0.2) is 0 Å². The van der Waals surface area contributed by atoms with Crippen molar-refractivity contribution in [3.8, 4) is 0 Å². The summed E-state index contributed by atoms with van der Waals surface area (Å²) in [5.74, 6) is 1.21. The number of hydrogen-bond acceptors (Lipinski definition) is 1. The van der Waals surface area contributed by atoms with E-state index in [-0.39, 0.29) is 0 Å². The van der Waals surface area contributed by atoms with Gasteiger partial charge in [-0.25, -0.2) is 0 Å². The van der Waals surface area contributed by atoms with E-state index >= 15 is 0 Å². The molecule has 0 unspecified atom stereocenters. The lowest BCUT2D eigenvalue weighted by Gasteiger charge is -2.04. The molecule has 1 heteroatoms. The number of carbonyl (C=O) groups is 1. The van der Waals surface area contributed by atoms with Crippen molar-refractivity contribution in [1.82, 2.24) is 0 Å². The average molecular weight is 240 g/mol. The summed E-state index contributed by atoms with van der Waals surface area (Å²) in [6, 6.07) is 0. The van der Waals surface area contributed by atoms with E-state index in [1.54, 1.807) is 6.92 Å². The van der Waals surface area contributed by atoms with E-state index in [1.165, 1.54) is 57.8 Å². The van der Waals surface area contributed by atoms with Gasteiger partial charge in [0.25, 0.3) is 0 Å². The van der Waals surface area contributed by atoms with Crippen LogP contribution in [-0.2, 0) is 4.79 Å². The highest BCUT2D eigenvalue weighted by atomic mass is 16.1. The van der Waals surface area contributed by atoms with Crippen LogP contribution in [0.4, 0.5) is 0 Å². The Bertz CT molecular complexity index is 172. The van der Waals surface area contributed by atoms with E-state index in [9.17, 15) is 4.79 Å². The van der Waals surface area contributed by atoms with E-state index in [1.807, 2.05) is 0 Å². The third-order valence-corrected chi connectivity index (χ3v) is 3.31. The SMILES string of the molecule is CC(=O)CCCCCCCCCCCC(C)C. The first-order valence-electron chi connectivity index (χ1n) is 7.62. The first-order valence-corrected chi connectivity index (χ1v) is 7.62. The van der Waals surface area contributed by atoms with Crippen molar-refractivity contribution < 1.29 is 4.79 Å². The lowest BCUT2D eigenvalue weighted by molar-refractivity contribution is -0.117. The van der Waals surface area contributed by atoms with Gasteiger partial charge >= 0.3 is 0 Å². The predicted octanol–water partition coefficient (Wildman–Crippen LogP) is 5.52. The minimum atomic E-state index is 0.343. The Morgan fingerprint density at radius 3 is 1.59 bits per heavy atom. The van der Waals surface area contributed by atoms with Crippen LogP contribution in [-0.4, -0.2) is 5.78 Å². The van der Waals surface area contributed by atoms with E-state index < -0.39 is 0 Å². The van der Waals surface area contributed by atoms with E-state index in [4.69, 9.17) is 0 Å². The van der Waals surface area contributed by atoms with Gasteiger partial charge in [-0.1, -0.05) is 71.6 Å². The van der Waals surface area contributed by atoms with Crippen molar-refractivity contribution in [2.24, 2.45) is 5.92 Å². The van der Waals surface area contributed by atoms with Gasteiger partial charge in [-0.05, 0) is 19.3 Å². The molecule has 0 rings (SSSR count). The van der Waals surface area contributed by atoms with Gasteiger partial charge in [0, 0.05) is 6.42 Å². The number of ketones is 1. The second-order valence-corrected chi connectivity index (χ2v) is 5.82. The zero-order valence-corrected chi connectivity index (χ0v) is 12.3. The molecule has 17 heavy (non-hydrogen) atoms. The van der Waals surface area contributed by atoms with Gasteiger partial charge in [0.05, 0.1) is 0 Å². The van der Waals surface area contributed by atoms with Gasteiger partial charge in [0.1, 0.15) is 5.78 Å². The zero-order chi connectivity index (χ0) is 12.9. The Morgan fingerprint density at radius 1 is 0.765 bits per heavy atom. The van der Waals surface area contributed by atoms with Gasteiger partial charge < -0.3 is 4.79 Å². The molecule has 0 amide bonds. The largest absolute Gasteiger partial charge is 0.300 e. The molecule has 0 radical (unpaired) electrons. The summed E-state index contributed by atoms with van der Waals surface area (Å²) in [5.41, 5.74) is 0. The summed E-state index contributed by atoms with van der Waals surface area (Å²) < 4.78 is 0. The van der Waals surface area contributed by atoms with Gasteiger partial charge in [-0.3, -0.25) is 0 Å². The minimum absolute atomic E-state index is 0.343. The van der Waals surface area contributed by atoms with Gasteiger partial charge in [-0.15, -0.1) is 0 Å². The molecular formula is C16H32O. The number of Topliss-reactive ketones (excluding diaryl/α,β-unsaturated/α-hetero) is 1. The minimum Gasteiger partial charge on any atom is -0.300 e. The highest BCUT2D eigenvalue weighted by molar-refractivity contribution is 5.75. The maximum Gasteiger partial charge on any atom is 0.129 e. The Morgan fingerprint density at radius 2 is 1.18 bits per heavy atom. The first kappa shape index (κ1) is 16.7. The van der Waals surface area contributed by atoms with Crippen molar-refractivity contribution >= 4 is 5.78 Å². The lowest BCUT2D eigenvalue weighted by Crippen LogP contribution is -1.89. The van der Waals surface area contributed by atoms with Crippen LogP contribution in [0.1, 0.15) is 91.4 Å². The molecule has 1 nitrogen and oxygen atoms in total. The quantitative estimate of drug-likeness (QED) is 0.410. The number of rotatable bonds is 12. The van der Waals surface area contributed by atoms with Gasteiger partial charge in [0.15, 0.2) is 0 Å². The van der Waals surface area contributed by atoms with Crippen molar-refractivity contribution in [3.63, 3.8) is 0 Å². The lowest BCUT2D eigenvalue weighted by atomic mass is 10.0. The van der Waals surface area contributed by atoms with Crippen molar-refractivity contribution in [2.75, 3.05) is 0 Å². The normalized spacial score (nSPS) is 11.1. The second-order valence-electron chi connectivity index (χ2n) is 5.82. The van der Waals surface area contributed by atoms with E-state index in [2.05, 4.69) is 13.8 Å². The Hall–Kier alpha value is -0.330. The molecule has 0 aliphatic rings. The monoisotopic (exact) mass is 240 g/mol. The summed E-state index contributed by atoms with van der Waals surface area (Å²) in [6.45, 7) is 6.30. The predicted molar refractivity (Wildman–Crippen MR) is 76.3 cm³/mol. The summed E-state index contributed by atoms with van der Waals surface area (Å²) in [7, 11) is 0. The fourth-order valence-electron chi connectivity index (χ4n) is 2.16. The van der Waals surface area contributed by atoms with Crippen LogP contribution in [0.3, 0.4) is 0 Å². The number of hydrogen-bond donors (Lipinski definition) is 0. The summed E-state index contributed by atoms with van der Waals surface area (Å²) in [5, 5.41) is 0. The molecule has 0 fully saturated rings. The third-order valence-electron chi connectivity index (χ3n) is 3.31. The van der Waals surface area contributed by atoms with E-state index in [0.29, 0.717) is 5.78 Å². The molecule has 0 saturated heterocycles. The van der Waals surface area contributed by atoms with Crippen LogP contribution < -0.4 is 0 Å². The first-order chi connectivity index (χ1) is 8.13. The third kappa shape index (κ3) is 15.7. The molecule has 0 aliphatic heterocycles. The van der Waals surface area contributed by atoms with Crippen molar-refractivity contribution in [1.29, 1.82) is 0 Å². The molecule has 0 heterocycles. The molecule has 0 aliphatic carbocycles. The Balaban J connectivity index is 2.96. The molecule has 0 spiro atoms. The van der Waals surface area contributed by atoms with Gasteiger partial charge in [-0.2, -0.15) is 0 Å². The maximum absolute atomic E-state index is 10.7. The molecule has 0 atom stereocenters. The van der Waals surface area contributed by atoms with Crippen LogP contribution in [0.5, 0.6) is 0 Å². The topological polar surface area (TPSA) is 17.1 Å². The second kappa shape index (κ2) is 12.1. The van der Waals surface area contributed by atoms with Crippen molar-refractivity contribution in [3.05, 3.63) is 0 Å². The number of unbranched alkanes of at least 4 members (excludes halogenated alkanes) is 8. The summed E-state index contributed by atoms with van der Waals surface area (Å²) >= 11 is 0. The van der Waals surface area contributed by atoms with Crippen LogP contribution in [0, 0.1) is 5.92 Å². The molecule has 0 aromatic heterocycles. The average Bonchev–Trinajstić information content (AvgIpc) is 2.25. The Labute approximate surface area is 108 Å². The van der Waals surface area contributed by atoms with Crippen molar-refractivity contribution in [2.45, 2.75) is 91.4 Å². The zero-order valence-electron chi connectivity index (χ0n) is 12.3. The van der Waals surface area contributed by atoms with Crippen LogP contribution >= 0.6 is 0 Å². The smallest absolute Gasteiger partial charge is 0.129 e. The molecular weight excluding hydrogens is 208 g/mol. The highest BCUT2D eigenvalue weighted by Crippen LogP contribution is 2.13. The summed E-state index contributed by atoms with van der Waals surface area (Å²) in [6.07, 6.45) is 14.3. The highest BCUT2D eigenvalue weighted by Gasteiger charge is 1.96. The molecule has 0 N–H and O–H groups in total. The number of carbonyl (C=O) groups excluding carboxylic acids is 1. The molecule has 0 aromatic carbocycles. The molecule has 0 bridgehead atoms. The fourth-order valence-corrected chi connectivity index (χ4v) is 2.16. The Kier molecular flexibility index (Phi) is 11.9. The standard InChI is InChI=1S/C16H32O/c1-15(2)13-11-9-7-5-4-6-8-10-12-14-16(3)17/h15H,4-14H2,1-3H3. The summed E-state index contributed by atoms with van der Waals surface area (Å²) in [4.78, 5) is 10.7. The molecule has 102 valence electrons.